The molecule has 19 heavy (non-hydrogen) atoms. The van der Waals surface area contributed by atoms with Gasteiger partial charge >= 0.3 is 12.1 Å². The first-order chi connectivity index (χ1) is 8.51. The first kappa shape index (κ1) is 15.7. The molecule has 0 saturated carbocycles. The van der Waals surface area contributed by atoms with Crippen molar-refractivity contribution in [2.75, 3.05) is 18.8 Å². The molecular formula is C11H19NO6S. The maximum Gasteiger partial charge on any atom is 0.410 e. The number of carboxylic acids is 1. The van der Waals surface area contributed by atoms with Crippen LogP contribution in [0.25, 0.3) is 0 Å². The van der Waals surface area contributed by atoms with Crippen molar-refractivity contribution in [3.63, 3.8) is 0 Å². The molecule has 0 aromatic carbocycles. The van der Waals surface area contributed by atoms with Crippen molar-refractivity contribution in [3.05, 3.63) is 0 Å². The standard InChI is InChI=1S/C11H19NO6S/c1-11(2,3)18-10(15)12-4-5-19(16,17)8(7-12)6-9(13)14/h8H,4-7H2,1-3H3,(H,13,14). The van der Waals surface area contributed by atoms with Gasteiger partial charge in [0.2, 0.25) is 0 Å². The number of aliphatic carboxylic acids is 1. The highest BCUT2D eigenvalue weighted by molar-refractivity contribution is 7.92. The Kier molecular flexibility index (Phi) is 4.44. The molecule has 110 valence electrons. The predicted octanol–water partition coefficient (Wildman–Crippen LogP) is 0.495. The third kappa shape index (κ3) is 4.70. The summed E-state index contributed by atoms with van der Waals surface area (Å²) in [5.74, 6) is -1.43. The molecule has 1 saturated heterocycles. The van der Waals surface area contributed by atoms with Crippen LogP contribution in [0.5, 0.6) is 0 Å². The monoisotopic (exact) mass is 293 g/mol. The van der Waals surface area contributed by atoms with Gasteiger partial charge in [0, 0.05) is 13.1 Å². The van der Waals surface area contributed by atoms with E-state index in [1.54, 1.807) is 20.8 Å². The summed E-state index contributed by atoms with van der Waals surface area (Å²) in [5.41, 5.74) is -0.671. The summed E-state index contributed by atoms with van der Waals surface area (Å²) < 4.78 is 28.6. The molecule has 1 rings (SSSR count). The van der Waals surface area contributed by atoms with E-state index in [0.29, 0.717) is 0 Å². The highest BCUT2D eigenvalue weighted by atomic mass is 32.2. The zero-order valence-electron chi connectivity index (χ0n) is 11.2. The van der Waals surface area contributed by atoms with E-state index in [9.17, 15) is 18.0 Å². The van der Waals surface area contributed by atoms with Gasteiger partial charge in [-0.1, -0.05) is 0 Å². The smallest absolute Gasteiger partial charge is 0.410 e. The summed E-state index contributed by atoms with van der Waals surface area (Å²) >= 11 is 0. The predicted molar refractivity (Wildman–Crippen MR) is 67.6 cm³/mol. The van der Waals surface area contributed by atoms with Crippen LogP contribution in [-0.2, 0) is 19.4 Å². The van der Waals surface area contributed by atoms with E-state index in [1.165, 1.54) is 4.90 Å². The van der Waals surface area contributed by atoms with Gasteiger partial charge in [0.05, 0.1) is 17.4 Å². The molecule has 1 atom stereocenters. The third-order valence-corrected chi connectivity index (χ3v) is 4.71. The zero-order chi connectivity index (χ0) is 14.8. The Hall–Kier alpha value is -1.31. The Morgan fingerprint density at radius 1 is 1.37 bits per heavy atom. The number of hydrogen-bond donors (Lipinski definition) is 1. The highest BCUT2D eigenvalue weighted by Crippen LogP contribution is 2.18. The van der Waals surface area contributed by atoms with Crippen molar-refractivity contribution in [2.24, 2.45) is 0 Å². The van der Waals surface area contributed by atoms with Crippen molar-refractivity contribution in [1.82, 2.24) is 4.90 Å². The molecule has 0 radical (unpaired) electrons. The van der Waals surface area contributed by atoms with Crippen molar-refractivity contribution >= 4 is 21.9 Å². The Morgan fingerprint density at radius 3 is 2.42 bits per heavy atom. The molecule has 0 aromatic rings. The second-order valence-corrected chi connectivity index (χ2v) is 7.91. The van der Waals surface area contributed by atoms with Crippen LogP contribution in [0.3, 0.4) is 0 Å². The van der Waals surface area contributed by atoms with Gasteiger partial charge in [-0.15, -0.1) is 0 Å². The van der Waals surface area contributed by atoms with E-state index >= 15 is 0 Å². The van der Waals surface area contributed by atoms with Crippen molar-refractivity contribution in [1.29, 1.82) is 0 Å². The van der Waals surface area contributed by atoms with E-state index in [4.69, 9.17) is 9.84 Å². The van der Waals surface area contributed by atoms with Gasteiger partial charge in [-0.2, -0.15) is 0 Å². The lowest BCUT2D eigenvalue weighted by Gasteiger charge is -2.33. The molecule has 0 aliphatic carbocycles. The summed E-state index contributed by atoms with van der Waals surface area (Å²) in [6.07, 6.45) is -1.11. The Labute approximate surface area is 112 Å². The maximum atomic E-state index is 11.8. The van der Waals surface area contributed by atoms with Gasteiger partial charge in [0.15, 0.2) is 9.84 Å². The lowest BCUT2D eigenvalue weighted by molar-refractivity contribution is -0.137. The molecular weight excluding hydrogens is 274 g/mol. The second-order valence-electron chi connectivity index (χ2n) is 5.51. The molecule has 8 heteroatoms. The van der Waals surface area contributed by atoms with Gasteiger partial charge in [-0.25, -0.2) is 13.2 Å². The van der Waals surface area contributed by atoms with Gasteiger partial charge in [-0.05, 0) is 20.8 Å². The molecule has 0 spiro atoms. The number of ether oxygens (including phenoxy) is 1. The van der Waals surface area contributed by atoms with Gasteiger partial charge in [0.25, 0.3) is 0 Å². The summed E-state index contributed by atoms with van der Waals surface area (Å²) in [6.45, 7) is 5.03. The van der Waals surface area contributed by atoms with Crippen molar-refractivity contribution in [3.8, 4) is 0 Å². The van der Waals surface area contributed by atoms with E-state index in [0.717, 1.165) is 0 Å². The number of carbonyl (C=O) groups is 2. The van der Waals surface area contributed by atoms with Crippen LogP contribution in [0.15, 0.2) is 0 Å². The first-order valence-corrected chi connectivity index (χ1v) is 7.64. The maximum absolute atomic E-state index is 11.8. The minimum atomic E-state index is -3.46. The van der Waals surface area contributed by atoms with Crippen LogP contribution in [0, 0.1) is 0 Å². The molecule has 1 unspecified atom stereocenters. The number of sulfone groups is 1. The second kappa shape index (κ2) is 5.36. The topological polar surface area (TPSA) is 101 Å². The number of nitrogens with zero attached hydrogens (tertiary/aromatic N) is 1. The SMILES string of the molecule is CC(C)(C)OC(=O)N1CCS(=O)(=O)C(CC(=O)O)C1. The fraction of sp³-hybridized carbons (Fsp3) is 0.818. The molecule has 0 bridgehead atoms. The number of amides is 1. The van der Waals surface area contributed by atoms with Crippen LogP contribution in [0.2, 0.25) is 0 Å². The van der Waals surface area contributed by atoms with Crippen LogP contribution >= 0.6 is 0 Å². The number of hydrogen-bond acceptors (Lipinski definition) is 5. The molecule has 1 heterocycles. The lowest BCUT2D eigenvalue weighted by Crippen LogP contribution is -2.51. The normalized spacial score (nSPS) is 22.9. The third-order valence-electron chi connectivity index (χ3n) is 2.63. The van der Waals surface area contributed by atoms with Crippen LogP contribution < -0.4 is 0 Å². The van der Waals surface area contributed by atoms with Crippen LogP contribution in [-0.4, -0.2) is 60.2 Å². The molecule has 1 fully saturated rings. The van der Waals surface area contributed by atoms with Crippen LogP contribution in [0.4, 0.5) is 4.79 Å². The average molecular weight is 293 g/mol. The van der Waals surface area contributed by atoms with Gasteiger partial charge < -0.3 is 14.7 Å². The summed E-state index contributed by atoms with van der Waals surface area (Å²) in [5, 5.41) is 7.65. The van der Waals surface area contributed by atoms with Gasteiger partial charge in [0.1, 0.15) is 5.60 Å². The van der Waals surface area contributed by atoms with Crippen molar-refractivity contribution in [2.45, 2.75) is 38.0 Å². The average Bonchev–Trinajstić information content (AvgIpc) is 2.17. The van der Waals surface area contributed by atoms with E-state index in [1.807, 2.05) is 0 Å². The summed E-state index contributed by atoms with van der Waals surface area (Å²) in [7, 11) is -3.46. The quantitative estimate of drug-likeness (QED) is 0.795. The highest BCUT2D eigenvalue weighted by Gasteiger charge is 2.37. The van der Waals surface area contributed by atoms with Gasteiger partial charge in [-0.3, -0.25) is 4.79 Å². The Morgan fingerprint density at radius 2 is 1.95 bits per heavy atom. The van der Waals surface area contributed by atoms with E-state index in [-0.39, 0.29) is 18.8 Å². The summed E-state index contributed by atoms with van der Waals surface area (Å²) in [4.78, 5) is 23.7. The molecule has 7 nitrogen and oxygen atoms in total. The van der Waals surface area contributed by atoms with Crippen molar-refractivity contribution < 1.29 is 27.9 Å². The number of rotatable bonds is 2. The van der Waals surface area contributed by atoms with Crippen LogP contribution in [0.1, 0.15) is 27.2 Å². The van der Waals surface area contributed by atoms with E-state index in [2.05, 4.69) is 0 Å². The molecule has 0 aromatic heterocycles. The van der Waals surface area contributed by atoms with E-state index < -0.39 is 39.2 Å². The minimum Gasteiger partial charge on any atom is -0.481 e. The number of carbonyl (C=O) groups excluding carboxylic acids is 1. The zero-order valence-corrected chi connectivity index (χ0v) is 12.1. The molecule has 1 N–H and O–H groups in total. The molecule has 1 aliphatic rings. The lowest BCUT2D eigenvalue weighted by atomic mass is 10.2. The fourth-order valence-electron chi connectivity index (χ4n) is 1.73. The summed E-state index contributed by atoms with van der Waals surface area (Å²) in [6, 6.07) is 0. The number of carboxylic acid groups (broad SMARTS) is 1. The fourth-order valence-corrected chi connectivity index (χ4v) is 3.35. The Bertz CT molecular complexity index is 464. The first-order valence-electron chi connectivity index (χ1n) is 5.92. The minimum absolute atomic E-state index is 0.0351. The Balaban J connectivity index is 2.75. The molecule has 1 amide bonds. The largest absolute Gasteiger partial charge is 0.481 e. The molecule has 1 aliphatic heterocycles.